The molecule has 0 aromatic carbocycles. The van der Waals surface area contributed by atoms with Crippen molar-refractivity contribution in [3.8, 4) is 5.88 Å². The first-order chi connectivity index (χ1) is 14.5. The van der Waals surface area contributed by atoms with Crippen LogP contribution in [0.1, 0.15) is 44.1 Å². The second-order valence-electron chi connectivity index (χ2n) is 7.54. The quantitative estimate of drug-likeness (QED) is 0.633. The summed E-state index contributed by atoms with van der Waals surface area (Å²) in [5.74, 6) is 1.42. The minimum atomic E-state index is 0. The monoisotopic (exact) mass is 486 g/mol. The predicted molar refractivity (Wildman–Crippen MR) is 126 cm³/mol. The van der Waals surface area contributed by atoms with E-state index in [1.807, 2.05) is 17.2 Å². The number of ether oxygens (including phenoxy) is 1. The maximum Gasteiger partial charge on any atom is 0.219 e. The molecular formula is C22H29Cl3N4O2. The zero-order valence-corrected chi connectivity index (χ0v) is 19.9. The molecule has 2 aliphatic rings. The first kappa shape index (κ1) is 25.7. The van der Waals surface area contributed by atoms with Crippen molar-refractivity contribution in [2.75, 3.05) is 26.2 Å². The number of likely N-dealkylation sites (tertiary alicyclic amines) is 1. The number of piperidine rings is 2. The number of hydrogen-bond acceptors (Lipinski definition) is 5. The molecule has 170 valence electrons. The van der Waals surface area contributed by atoms with Gasteiger partial charge in [0.15, 0.2) is 0 Å². The highest BCUT2D eigenvalue weighted by Gasteiger charge is 2.26. The summed E-state index contributed by atoms with van der Waals surface area (Å²) in [6.07, 6.45) is 7.71. The van der Waals surface area contributed by atoms with E-state index in [2.05, 4.69) is 21.4 Å². The van der Waals surface area contributed by atoms with Gasteiger partial charge in [-0.15, -0.1) is 12.4 Å². The number of nitrogens with one attached hydrogen (secondary N) is 1. The maximum absolute atomic E-state index is 11.5. The van der Waals surface area contributed by atoms with Crippen molar-refractivity contribution in [3.05, 3.63) is 52.4 Å². The van der Waals surface area contributed by atoms with Crippen molar-refractivity contribution in [1.29, 1.82) is 0 Å². The number of amides is 1. The van der Waals surface area contributed by atoms with Crippen LogP contribution in [-0.4, -0.2) is 53.1 Å². The molecule has 0 unspecified atom stereocenters. The lowest BCUT2D eigenvalue weighted by Gasteiger charge is -2.32. The topological polar surface area (TPSA) is 67.4 Å². The van der Waals surface area contributed by atoms with E-state index in [0.29, 0.717) is 16.1 Å². The zero-order chi connectivity index (χ0) is 21.3. The predicted octanol–water partition coefficient (Wildman–Crippen LogP) is 4.75. The third-order valence-electron chi connectivity index (χ3n) is 5.43. The molecular weight excluding hydrogens is 459 g/mol. The Kier molecular flexibility index (Phi) is 10.8. The van der Waals surface area contributed by atoms with Gasteiger partial charge < -0.3 is 15.0 Å². The Hall–Kier alpha value is -1.60. The maximum atomic E-state index is 11.5. The molecule has 2 aromatic rings. The molecule has 1 N–H and O–H groups in total. The van der Waals surface area contributed by atoms with E-state index in [4.69, 9.17) is 27.9 Å². The van der Waals surface area contributed by atoms with E-state index in [0.717, 1.165) is 57.7 Å². The summed E-state index contributed by atoms with van der Waals surface area (Å²) >= 11 is 11.0. The van der Waals surface area contributed by atoms with Crippen molar-refractivity contribution >= 4 is 41.5 Å². The van der Waals surface area contributed by atoms with Gasteiger partial charge in [0, 0.05) is 43.0 Å². The van der Waals surface area contributed by atoms with Gasteiger partial charge >= 0.3 is 0 Å². The summed E-state index contributed by atoms with van der Waals surface area (Å²) in [5.41, 5.74) is 1.21. The Morgan fingerprint density at radius 1 is 1.10 bits per heavy atom. The Morgan fingerprint density at radius 2 is 1.81 bits per heavy atom. The highest BCUT2D eigenvalue weighted by molar-refractivity contribution is 6.33. The Labute approximate surface area is 200 Å². The number of pyridine rings is 2. The van der Waals surface area contributed by atoms with Crippen LogP contribution >= 0.6 is 35.6 Å². The van der Waals surface area contributed by atoms with E-state index < -0.39 is 0 Å². The number of halogens is 3. The van der Waals surface area contributed by atoms with E-state index in [1.165, 1.54) is 5.56 Å². The smallest absolute Gasteiger partial charge is 0.219 e. The summed E-state index contributed by atoms with van der Waals surface area (Å²) in [7, 11) is 0. The highest BCUT2D eigenvalue weighted by atomic mass is 35.5. The lowest BCUT2D eigenvalue weighted by Crippen LogP contribution is -2.37. The molecule has 0 saturated carbocycles. The van der Waals surface area contributed by atoms with E-state index in [-0.39, 0.29) is 24.4 Å². The Balaban J connectivity index is 0.000000322. The van der Waals surface area contributed by atoms with Crippen molar-refractivity contribution < 1.29 is 9.53 Å². The fraction of sp³-hybridized carbons (Fsp3) is 0.500. The first-order valence-corrected chi connectivity index (χ1v) is 11.1. The fourth-order valence-corrected chi connectivity index (χ4v) is 4.16. The van der Waals surface area contributed by atoms with Crippen LogP contribution < -0.4 is 10.1 Å². The van der Waals surface area contributed by atoms with E-state index >= 15 is 0 Å². The molecule has 0 atom stereocenters. The van der Waals surface area contributed by atoms with Gasteiger partial charge in [-0.3, -0.25) is 4.79 Å². The normalized spacial score (nSPS) is 17.2. The summed E-state index contributed by atoms with van der Waals surface area (Å²) < 4.78 is 6.18. The third kappa shape index (κ3) is 8.11. The summed E-state index contributed by atoms with van der Waals surface area (Å²) in [6.45, 7) is 5.35. The summed E-state index contributed by atoms with van der Waals surface area (Å²) in [5, 5.41) is 4.40. The van der Waals surface area contributed by atoms with Crippen molar-refractivity contribution in [2.45, 2.75) is 44.6 Å². The molecule has 9 heteroatoms. The van der Waals surface area contributed by atoms with Gasteiger partial charge in [0.05, 0.1) is 0 Å². The molecule has 0 radical (unpaired) electrons. The number of carbonyl (C=O) groups excluding carboxylic acids is 1. The average Bonchev–Trinajstić information content (AvgIpc) is 2.75. The lowest BCUT2D eigenvalue weighted by molar-refractivity contribution is -0.129. The molecule has 1 amide bonds. The molecule has 6 nitrogen and oxygen atoms in total. The Bertz CT molecular complexity index is 809. The minimum absolute atomic E-state index is 0. The summed E-state index contributed by atoms with van der Waals surface area (Å²) in [6, 6.07) is 7.38. The number of hydrogen-bond donors (Lipinski definition) is 1. The molecule has 0 spiro atoms. The second kappa shape index (κ2) is 13.1. The van der Waals surface area contributed by atoms with Crippen LogP contribution in [0, 0.1) is 0 Å². The van der Waals surface area contributed by atoms with Crippen LogP contribution in [0.15, 0.2) is 36.7 Å². The first-order valence-electron chi connectivity index (χ1n) is 10.4. The van der Waals surface area contributed by atoms with Crippen LogP contribution in [0.3, 0.4) is 0 Å². The summed E-state index contributed by atoms with van der Waals surface area (Å²) in [4.78, 5) is 21.6. The average molecular weight is 488 g/mol. The van der Waals surface area contributed by atoms with Crippen LogP contribution in [0.25, 0.3) is 0 Å². The van der Waals surface area contributed by atoms with E-state index in [9.17, 15) is 4.79 Å². The third-order valence-corrected chi connectivity index (χ3v) is 5.88. The number of rotatable bonds is 3. The fourth-order valence-electron chi connectivity index (χ4n) is 3.77. The van der Waals surface area contributed by atoms with Gasteiger partial charge in [-0.2, -0.15) is 0 Å². The molecule has 2 aromatic heterocycles. The molecule has 0 bridgehead atoms. The van der Waals surface area contributed by atoms with Crippen molar-refractivity contribution in [2.24, 2.45) is 0 Å². The van der Waals surface area contributed by atoms with E-state index in [1.54, 1.807) is 25.3 Å². The SMILES string of the molecule is CC(=O)N1CCC(c2cccnc2OC2CCNCC2)CC1.Cl.Clc1ccnc(Cl)c1. The van der Waals surface area contributed by atoms with Crippen molar-refractivity contribution in [3.63, 3.8) is 0 Å². The molecule has 2 fully saturated rings. The number of aromatic nitrogens is 2. The zero-order valence-electron chi connectivity index (χ0n) is 17.6. The number of nitrogens with zero attached hydrogens (tertiary/aromatic N) is 3. The van der Waals surface area contributed by atoms with Gasteiger partial charge in [-0.05, 0) is 62.9 Å². The van der Waals surface area contributed by atoms with Gasteiger partial charge in [0.25, 0.3) is 0 Å². The second-order valence-corrected chi connectivity index (χ2v) is 8.37. The number of carbonyl (C=O) groups is 1. The Morgan fingerprint density at radius 3 is 2.39 bits per heavy atom. The molecule has 4 rings (SSSR count). The minimum Gasteiger partial charge on any atom is -0.474 e. The molecule has 0 aliphatic carbocycles. The molecule has 4 heterocycles. The highest BCUT2D eigenvalue weighted by Crippen LogP contribution is 2.33. The molecule has 2 saturated heterocycles. The van der Waals surface area contributed by atoms with Crippen LogP contribution in [0.5, 0.6) is 5.88 Å². The van der Waals surface area contributed by atoms with Crippen molar-refractivity contribution in [1.82, 2.24) is 20.2 Å². The standard InChI is InChI=1S/C17H25N3O2.C5H3Cl2N.ClH/c1-13(21)20-11-6-14(7-12-20)16-3-2-8-19-17(16)22-15-4-9-18-10-5-15;6-4-1-2-8-5(7)3-4;/h2-3,8,14-15,18H,4-7,9-12H2,1H3;1-3H;1H. The molecule has 31 heavy (non-hydrogen) atoms. The van der Waals surface area contributed by atoms with Crippen LogP contribution in [0.2, 0.25) is 10.2 Å². The molecule has 2 aliphatic heterocycles. The van der Waals surface area contributed by atoms with Gasteiger partial charge in [-0.25, -0.2) is 9.97 Å². The van der Waals surface area contributed by atoms with Gasteiger partial charge in [0.2, 0.25) is 11.8 Å². The van der Waals surface area contributed by atoms with Crippen LogP contribution in [-0.2, 0) is 4.79 Å². The van der Waals surface area contributed by atoms with Crippen LogP contribution in [0.4, 0.5) is 0 Å². The van der Waals surface area contributed by atoms with Gasteiger partial charge in [0.1, 0.15) is 11.3 Å². The largest absolute Gasteiger partial charge is 0.474 e. The van der Waals surface area contributed by atoms with Gasteiger partial charge in [-0.1, -0.05) is 29.3 Å². The lowest BCUT2D eigenvalue weighted by atomic mass is 9.90.